The highest BCUT2D eigenvalue weighted by Crippen LogP contribution is 2.18. The van der Waals surface area contributed by atoms with Crippen molar-refractivity contribution in [3.05, 3.63) is 48.0 Å². The van der Waals surface area contributed by atoms with E-state index in [0.29, 0.717) is 6.54 Å². The molecule has 0 bridgehead atoms. The summed E-state index contributed by atoms with van der Waals surface area (Å²) in [4.78, 5) is 11.7. The summed E-state index contributed by atoms with van der Waals surface area (Å²) in [6, 6.07) is 14.2. The summed E-state index contributed by atoms with van der Waals surface area (Å²) in [6.45, 7) is 3.90. The van der Waals surface area contributed by atoms with E-state index < -0.39 is 5.54 Å². The van der Waals surface area contributed by atoms with Gasteiger partial charge in [0.1, 0.15) is 0 Å². The zero-order valence-electron chi connectivity index (χ0n) is 10.7. The van der Waals surface area contributed by atoms with Gasteiger partial charge in [0.2, 0.25) is 5.91 Å². The van der Waals surface area contributed by atoms with Crippen molar-refractivity contribution in [1.29, 1.82) is 0 Å². The second kappa shape index (κ2) is 4.78. The molecule has 0 aromatic heterocycles. The minimum atomic E-state index is -0.843. The fraction of sp³-hybridized carbons (Fsp3) is 0.267. The van der Waals surface area contributed by atoms with Crippen LogP contribution >= 0.6 is 0 Å². The zero-order valence-corrected chi connectivity index (χ0v) is 10.7. The summed E-state index contributed by atoms with van der Waals surface area (Å²) >= 11 is 0. The first-order chi connectivity index (χ1) is 8.48. The molecule has 0 aliphatic carbocycles. The Morgan fingerprint density at radius 2 is 1.83 bits per heavy atom. The van der Waals surface area contributed by atoms with Gasteiger partial charge in [-0.3, -0.25) is 4.79 Å². The van der Waals surface area contributed by atoms with Gasteiger partial charge in [-0.1, -0.05) is 42.5 Å². The first-order valence-corrected chi connectivity index (χ1v) is 6.02. The van der Waals surface area contributed by atoms with Crippen LogP contribution in [0.5, 0.6) is 0 Å². The molecule has 0 aliphatic heterocycles. The lowest BCUT2D eigenvalue weighted by atomic mass is 10.0. The van der Waals surface area contributed by atoms with Gasteiger partial charge in [-0.2, -0.15) is 0 Å². The standard InChI is InChI=1S/C15H18N2O/c1-15(2,16)14(18)17-10-12-8-5-7-11-6-3-4-9-13(11)12/h3-9H,10,16H2,1-2H3,(H,17,18). The van der Waals surface area contributed by atoms with Crippen LogP contribution in [0.4, 0.5) is 0 Å². The molecule has 2 aromatic carbocycles. The highest BCUT2D eigenvalue weighted by molar-refractivity contribution is 5.87. The number of nitrogens with one attached hydrogen (secondary N) is 1. The number of fused-ring (bicyclic) bond motifs is 1. The molecule has 0 atom stereocenters. The number of amides is 1. The number of nitrogens with two attached hydrogens (primary N) is 1. The van der Waals surface area contributed by atoms with E-state index in [9.17, 15) is 4.79 Å². The Hall–Kier alpha value is -1.87. The molecule has 3 nitrogen and oxygen atoms in total. The summed E-state index contributed by atoms with van der Waals surface area (Å²) in [7, 11) is 0. The van der Waals surface area contributed by atoms with E-state index >= 15 is 0 Å². The van der Waals surface area contributed by atoms with Gasteiger partial charge < -0.3 is 11.1 Å². The maximum atomic E-state index is 11.7. The van der Waals surface area contributed by atoms with Crippen LogP contribution in [0.3, 0.4) is 0 Å². The van der Waals surface area contributed by atoms with Gasteiger partial charge in [-0.15, -0.1) is 0 Å². The van der Waals surface area contributed by atoms with Gasteiger partial charge >= 0.3 is 0 Å². The van der Waals surface area contributed by atoms with E-state index in [1.54, 1.807) is 13.8 Å². The highest BCUT2D eigenvalue weighted by atomic mass is 16.2. The topological polar surface area (TPSA) is 55.1 Å². The third-order valence-corrected chi connectivity index (χ3v) is 2.90. The minimum absolute atomic E-state index is 0.143. The number of hydrogen-bond donors (Lipinski definition) is 2. The number of carbonyl (C=O) groups is 1. The predicted molar refractivity (Wildman–Crippen MR) is 74.1 cm³/mol. The zero-order chi connectivity index (χ0) is 13.2. The fourth-order valence-electron chi connectivity index (χ4n) is 1.85. The molecule has 0 spiro atoms. The Morgan fingerprint density at radius 1 is 1.17 bits per heavy atom. The molecule has 94 valence electrons. The fourth-order valence-corrected chi connectivity index (χ4v) is 1.85. The molecule has 2 aromatic rings. The number of rotatable bonds is 3. The molecule has 1 amide bonds. The molecule has 0 radical (unpaired) electrons. The van der Waals surface area contributed by atoms with Crippen molar-refractivity contribution in [1.82, 2.24) is 5.32 Å². The summed E-state index contributed by atoms with van der Waals surface area (Å²) in [5.74, 6) is -0.143. The van der Waals surface area contributed by atoms with Crippen molar-refractivity contribution in [2.75, 3.05) is 0 Å². The van der Waals surface area contributed by atoms with Gasteiger partial charge in [-0.25, -0.2) is 0 Å². The summed E-state index contributed by atoms with van der Waals surface area (Å²) in [5.41, 5.74) is 6.00. The summed E-state index contributed by atoms with van der Waals surface area (Å²) in [6.07, 6.45) is 0. The molecule has 3 heteroatoms. The molecule has 0 unspecified atom stereocenters. The monoisotopic (exact) mass is 242 g/mol. The van der Waals surface area contributed by atoms with Crippen LogP contribution in [0.1, 0.15) is 19.4 Å². The molecule has 3 N–H and O–H groups in total. The second-order valence-electron chi connectivity index (χ2n) is 5.04. The molecule has 0 heterocycles. The Labute approximate surface area is 107 Å². The SMILES string of the molecule is CC(C)(N)C(=O)NCc1cccc2ccccc12. The van der Waals surface area contributed by atoms with Crippen LogP contribution in [0.2, 0.25) is 0 Å². The van der Waals surface area contributed by atoms with Gasteiger partial charge in [0.25, 0.3) is 0 Å². The van der Waals surface area contributed by atoms with E-state index in [4.69, 9.17) is 5.73 Å². The van der Waals surface area contributed by atoms with Gasteiger partial charge in [0.05, 0.1) is 5.54 Å². The summed E-state index contributed by atoms with van der Waals surface area (Å²) < 4.78 is 0. The van der Waals surface area contributed by atoms with E-state index in [0.717, 1.165) is 10.9 Å². The average Bonchev–Trinajstić information content (AvgIpc) is 2.34. The molecule has 0 aliphatic rings. The Kier molecular flexibility index (Phi) is 3.34. The molecule has 0 fully saturated rings. The quantitative estimate of drug-likeness (QED) is 0.867. The maximum absolute atomic E-state index is 11.7. The Morgan fingerprint density at radius 3 is 2.56 bits per heavy atom. The minimum Gasteiger partial charge on any atom is -0.350 e. The van der Waals surface area contributed by atoms with E-state index in [1.807, 2.05) is 24.3 Å². The van der Waals surface area contributed by atoms with E-state index in [1.165, 1.54) is 5.39 Å². The normalized spacial score (nSPS) is 11.5. The van der Waals surface area contributed by atoms with Crippen LogP contribution in [0.25, 0.3) is 10.8 Å². The lowest BCUT2D eigenvalue weighted by Gasteiger charge is -2.18. The van der Waals surface area contributed by atoms with E-state index in [2.05, 4.69) is 23.5 Å². The molecule has 0 saturated heterocycles. The molecule has 2 rings (SSSR count). The highest BCUT2D eigenvalue weighted by Gasteiger charge is 2.21. The number of benzene rings is 2. The third-order valence-electron chi connectivity index (χ3n) is 2.90. The Balaban J connectivity index is 2.20. The van der Waals surface area contributed by atoms with Crippen molar-refractivity contribution < 1.29 is 4.79 Å². The van der Waals surface area contributed by atoms with Crippen LogP contribution in [-0.4, -0.2) is 11.4 Å². The largest absolute Gasteiger partial charge is 0.350 e. The van der Waals surface area contributed by atoms with Gasteiger partial charge in [-0.05, 0) is 30.2 Å². The third kappa shape index (κ3) is 2.68. The smallest absolute Gasteiger partial charge is 0.239 e. The van der Waals surface area contributed by atoms with Crippen molar-refractivity contribution in [3.8, 4) is 0 Å². The predicted octanol–water partition coefficient (Wildman–Crippen LogP) is 2.19. The maximum Gasteiger partial charge on any atom is 0.239 e. The molecular formula is C15H18N2O. The van der Waals surface area contributed by atoms with Crippen LogP contribution in [0.15, 0.2) is 42.5 Å². The molecular weight excluding hydrogens is 224 g/mol. The van der Waals surface area contributed by atoms with Gasteiger partial charge in [0.15, 0.2) is 0 Å². The van der Waals surface area contributed by atoms with Gasteiger partial charge in [0, 0.05) is 6.54 Å². The van der Waals surface area contributed by atoms with Crippen molar-refractivity contribution >= 4 is 16.7 Å². The van der Waals surface area contributed by atoms with Crippen molar-refractivity contribution in [2.24, 2.45) is 5.73 Å². The average molecular weight is 242 g/mol. The van der Waals surface area contributed by atoms with E-state index in [-0.39, 0.29) is 5.91 Å². The molecule has 0 saturated carbocycles. The first-order valence-electron chi connectivity index (χ1n) is 6.02. The lowest BCUT2D eigenvalue weighted by Crippen LogP contribution is -2.48. The van der Waals surface area contributed by atoms with Crippen LogP contribution in [-0.2, 0) is 11.3 Å². The first kappa shape index (κ1) is 12.6. The number of carbonyl (C=O) groups excluding carboxylic acids is 1. The number of hydrogen-bond acceptors (Lipinski definition) is 2. The van der Waals surface area contributed by atoms with Crippen molar-refractivity contribution in [2.45, 2.75) is 25.9 Å². The van der Waals surface area contributed by atoms with Crippen LogP contribution < -0.4 is 11.1 Å². The lowest BCUT2D eigenvalue weighted by molar-refractivity contribution is -0.125. The summed E-state index contributed by atoms with van der Waals surface area (Å²) in [5, 5.41) is 5.21. The molecule has 18 heavy (non-hydrogen) atoms. The second-order valence-corrected chi connectivity index (χ2v) is 5.04. The Bertz CT molecular complexity index is 565. The van der Waals surface area contributed by atoms with Crippen LogP contribution in [0, 0.1) is 0 Å². The van der Waals surface area contributed by atoms with Crippen molar-refractivity contribution in [3.63, 3.8) is 0 Å².